The third kappa shape index (κ3) is 3.82. The van der Waals surface area contributed by atoms with E-state index in [4.69, 9.17) is 5.26 Å². The number of hydrogen-bond donors (Lipinski definition) is 2. The molecule has 0 bridgehead atoms. The zero-order valence-corrected chi connectivity index (χ0v) is 10.0. The van der Waals surface area contributed by atoms with Crippen molar-refractivity contribution >= 4 is 5.91 Å². The van der Waals surface area contributed by atoms with Gasteiger partial charge in [-0.3, -0.25) is 4.79 Å². The van der Waals surface area contributed by atoms with E-state index in [1.54, 1.807) is 0 Å². The predicted molar refractivity (Wildman–Crippen MR) is 62.7 cm³/mol. The molecule has 0 aromatic heterocycles. The van der Waals surface area contributed by atoms with E-state index >= 15 is 0 Å². The van der Waals surface area contributed by atoms with Gasteiger partial charge in [-0.1, -0.05) is 0 Å². The first-order valence-electron chi connectivity index (χ1n) is 6.05. The van der Waals surface area contributed by atoms with E-state index in [2.05, 4.69) is 16.7 Å². The van der Waals surface area contributed by atoms with Gasteiger partial charge in [-0.25, -0.2) is 0 Å². The molecule has 0 aliphatic carbocycles. The number of carbonyl (C=O) groups excluding carboxylic acids is 1. The first-order chi connectivity index (χ1) is 7.69. The van der Waals surface area contributed by atoms with Crippen molar-refractivity contribution in [1.82, 2.24) is 10.6 Å². The summed E-state index contributed by atoms with van der Waals surface area (Å²) in [5.74, 6) is 0.150. The van der Waals surface area contributed by atoms with Gasteiger partial charge in [0.25, 0.3) is 0 Å². The van der Waals surface area contributed by atoms with E-state index in [1.807, 2.05) is 6.92 Å². The van der Waals surface area contributed by atoms with Crippen LogP contribution in [0.3, 0.4) is 0 Å². The molecular weight excluding hydrogens is 202 g/mol. The zero-order valence-electron chi connectivity index (χ0n) is 10.0. The molecule has 0 saturated carbocycles. The maximum Gasteiger partial charge on any atom is 0.227 e. The second kappa shape index (κ2) is 6.49. The van der Waals surface area contributed by atoms with Crippen molar-refractivity contribution in [2.45, 2.75) is 39.0 Å². The van der Waals surface area contributed by atoms with Crippen LogP contribution in [0.2, 0.25) is 0 Å². The summed E-state index contributed by atoms with van der Waals surface area (Å²) in [7, 11) is 0. The van der Waals surface area contributed by atoms with Gasteiger partial charge < -0.3 is 10.6 Å². The Morgan fingerprint density at radius 2 is 2.38 bits per heavy atom. The van der Waals surface area contributed by atoms with Gasteiger partial charge in [0.1, 0.15) is 0 Å². The number of carbonyl (C=O) groups is 1. The van der Waals surface area contributed by atoms with Crippen molar-refractivity contribution in [2.75, 3.05) is 19.6 Å². The van der Waals surface area contributed by atoms with E-state index in [9.17, 15) is 4.79 Å². The van der Waals surface area contributed by atoms with Crippen LogP contribution < -0.4 is 10.6 Å². The Balaban J connectivity index is 2.21. The molecule has 0 radical (unpaired) electrons. The van der Waals surface area contributed by atoms with E-state index in [1.165, 1.54) is 0 Å². The third-order valence-electron chi connectivity index (χ3n) is 3.15. The Hall–Kier alpha value is -1.08. The number of amides is 1. The van der Waals surface area contributed by atoms with Crippen LogP contribution in [0, 0.1) is 16.7 Å². The number of unbranched alkanes of at least 4 members (excludes halogenated alkanes) is 2. The van der Waals surface area contributed by atoms with Crippen LogP contribution in [0.5, 0.6) is 0 Å². The van der Waals surface area contributed by atoms with Crippen molar-refractivity contribution in [3.8, 4) is 6.07 Å². The van der Waals surface area contributed by atoms with Crippen LogP contribution in [0.25, 0.3) is 0 Å². The molecule has 0 spiro atoms. The standard InChI is InChI=1S/C12H21N3O/c1-12(6-5-8-14-10-12)11(16)15-9-4-2-3-7-13/h14H,2-6,8-10H2,1H3,(H,15,16). The number of hydrogen-bond acceptors (Lipinski definition) is 3. The normalized spacial score (nSPS) is 24.8. The Kier molecular flexibility index (Phi) is 5.27. The highest BCUT2D eigenvalue weighted by Gasteiger charge is 2.33. The van der Waals surface area contributed by atoms with Crippen molar-refractivity contribution in [2.24, 2.45) is 5.41 Å². The fraction of sp³-hybridized carbons (Fsp3) is 0.833. The maximum absolute atomic E-state index is 11.9. The van der Waals surface area contributed by atoms with Gasteiger partial charge in [-0.2, -0.15) is 5.26 Å². The van der Waals surface area contributed by atoms with Gasteiger partial charge in [-0.05, 0) is 39.2 Å². The van der Waals surface area contributed by atoms with E-state index < -0.39 is 0 Å². The number of nitriles is 1. The molecule has 1 aliphatic heterocycles. The fourth-order valence-corrected chi connectivity index (χ4v) is 1.99. The molecule has 2 N–H and O–H groups in total. The summed E-state index contributed by atoms with van der Waals surface area (Å²) in [5, 5.41) is 14.6. The fourth-order valence-electron chi connectivity index (χ4n) is 1.99. The minimum absolute atomic E-state index is 0.150. The van der Waals surface area contributed by atoms with Crippen LogP contribution >= 0.6 is 0 Å². The first kappa shape index (κ1) is 13.0. The Morgan fingerprint density at radius 3 is 3.00 bits per heavy atom. The molecule has 1 aliphatic rings. The lowest BCUT2D eigenvalue weighted by Crippen LogP contribution is -2.48. The average molecular weight is 223 g/mol. The van der Waals surface area contributed by atoms with Gasteiger partial charge in [0.15, 0.2) is 0 Å². The Bertz CT molecular complexity index is 264. The first-order valence-corrected chi connectivity index (χ1v) is 6.05. The molecule has 4 heteroatoms. The predicted octanol–water partition coefficient (Wildman–Crippen LogP) is 1.19. The summed E-state index contributed by atoms with van der Waals surface area (Å²) < 4.78 is 0. The van der Waals surface area contributed by atoms with Gasteiger partial charge in [0.2, 0.25) is 5.91 Å². The molecule has 1 rings (SSSR count). The lowest BCUT2D eigenvalue weighted by atomic mass is 9.82. The second-order valence-corrected chi connectivity index (χ2v) is 4.71. The monoisotopic (exact) mass is 223 g/mol. The molecule has 1 heterocycles. The average Bonchev–Trinajstić information content (AvgIpc) is 2.29. The van der Waals surface area contributed by atoms with Crippen molar-refractivity contribution in [3.05, 3.63) is 0 Å². The number of piperidine rings is 1. The van der Waals surface area contributed by atoms with Crippen molar-refractivity contribution in [3.63, 3.8) is 0 Å². The summed E-state index contributed by atoms with van der Waals surface area (Å²) in [5.41, 5.74) is -0.243. The minimum atomic E-state index is -0.243. The van der Waals surface area contributed by atoms with Crippen molar-refractivity contribution in [1.29, 1.82) is 5.26 Å². The van der Waals surface area contributed by atoms with Gasteiger partial charge in [-0.15, -0.1) is 0 Å². The summed E-state index contributed by atoms with van der Waals surface area (Å²) in [6.07, 6.45) is 4.37. The lowest BCUT2D eigenvalue weighted by Gasteiger charge is -2.32. The minimum Gasteiger partial charge on any atom is -0.356 e. The summed E-state index contributed by atoms with van der Waals surface area (Å²) >= 11 is 0. The summed E-state index contributed by atoms with van der Waals surface area (Å²) in [6.45, 7) is 4.50. The van der Waals surface area contributed by atoms with Gasteiger partial charge >= 0.3 is 0 Å². The zero-order chi connectivity index (χ0) is 11.9. The molecule has 1 fully saturated rings. The van der Waals surface area contributed by atoms with Crippen LogP contribution in [0.1, 0.15) is 39.0 Å². The quantitative estimate of drug-likeness (QED) is 0.688. The van der Waals surface area contributed by atoms with Crippen LogP contribution in [0.15, 0.2) is 0 Å². The molecule has 16 heavy (non-hydrogen) atoms. The molecule has 1 atom stereocenters. The number of nitrogens with zero attached hydrogens (tertiary/aromatic N) is 1. The molecule has 1 amide bonds. The molecule has 90 valence electrons. The van der Waals surface area contributed by atoms with Crippen LogP contribution in [-0.2, 0) is 4.79 Å². The molecule has 1 saturated heterocycles. The Morgan fingerprint density at radius 1 is 1.56 bits per heavy atom. The SMILES string of the molecule is CC1(C(=O)NCCCCC#N)CCCNC1. The lowest BCUT2D eigenvalue weighted by molar-refractivity contribution is -0.131. The van der Waals surface area contributed by atoms with E-state index in [0.29, 0.717) is 13.0 Å². The molecule has 0 aromatic rings. The van der Waals surface area contributed by atoms with Crippen molar-refractivity contribution < 1.29 is 4.79 Å². The Labute approximate surface area is 97.4 Å². The maximum atomic E-state index is 11.9. The topological polar surface area (TPSA) is 64.9 Å². The van der Waals surface area contributed by atoms with Gasteiger partial charge in [0.05, 0.1) is 11.5 Å². The summed E-state index contributed by atoms with van der Waals surface area (Å²) in [6, 6.07) is 2.10. The smallest absolute Gasteiger partial charge is 0.227 e. The summed E-state index contributed by atoms with van der Waals surface area (Å²) in [4.78, 5) is 11.9. The molecule has 0 aromatic carbocycles. The molecule has 1 unspecified atom stereocenters. The largest absolute Gasteiger partial charge is 0.356 e. The molecular formula is C12H21N3O. The third-order valence-corrected chi connectivity index (χ3v) is 3.15. The van der Waals surface area contributed by atoms with Crippen LogP contribution in [0.4, 0.5) is 0 Å². The number of nitrogens with one attached hydrogen (secondary N) is 2. The van der Waals surface area contributed by atoms with E-state index in [-0.39, 0.29) is 11.3 Å². The highest BCUT2D eigenvalue weighted by atomic mass is 16.2. The van der Waals surface area contributed by atoms with Gasteiger partial charge in [0, 0.05) is 19.5 Å². The highest BCUT2D eigenvalue weighted by molar-refractivity contribution is 5.82. The number of rotatable bonds is 5. The second-order valence-electron chi connectivity index (χ2n) is 4.71. The molecule has 4 nitrogen and oxygen atoms in total. The van der Waals surface area contributed by atoms with E-state index in [0.717, 1.165) is 38.8 Å². The van der Waals surface area contributed by atoms with Crippen LogP contribution in [-0.4, -0.2) is 25.5 Å². The highest BCUT2D eigenvalue weighted by Crippen LogP contribution is 2.25.